The molecule has 0 bridgehead atoms. The highest BCUT2D eigenvalue weighted by Crippen LogP contribution is 2.25. The van der Waals surface area contributed by atoms with Gasteiger partial charge in [0.2, 0.25) is 5.91 Å². The fourth-order valence-corrected chi connectivity index (χ4v) is 2.76. The molecule has 0 spiro atoms. The zero-order valence-corrected chi connectivity index (χ0v) is 11.7. The van der Waals surface area contributed by atoms with E-state index in [4.69, 9.17) is 10.8 Å². The van der Waals surface area contributed by atoms with Gasteiger partial charge in [-0.15, -0.1) is 0 Å². The molecule has 1 rings (SSSR count). The molecule has 110 valence electrons. The third-order valence-electron chi connectivity index (χ3n) is 4.08. The lowest BCUT2D eigenvalue weighted by Gasteiger charge is -2.15. The molecule has 0 aromatic carbocycles. The van der Waals surface area contributed by atoms with Gasteiger partial charge in [-0.3, -0.25) is 9.59 Å². The van der Waals surface area contributed by atoms with Crippen LogP contribution in [-0.2, 0) is 9.59 Å². The minimum Gasteiger partial charge on any atom is -0.481 e. The Morgan fingerprint density at radius 3 is 2.63 bits per heavy atom. The van der Waals surface area contributed by atoms with Crippen molar-refractivity contribution in [2.75, 3.05) is 6.54 Å². The number of carbonyl (C=O) groups is 2. The summed E-state index contributed by atoms with van der Waals surface area (Å²) in [6.07, 6.45) is 5.43. The van der Waals surface area contributed by atoms with E-state index in [1.54, 1.807) is 0 Å². The second-order valence-corrected chi connectivity index (χ2v) is 5.50. The molecule has 4 N–H and O–H groups in total. The van der Waals surface area contributed by atoms with E-state index in [-0.39, 0.29) is 17.9 Å². The van der Waals surface area contributed by atoms with Crippen LogP contribution in [0.2, 0.25) is 0 Å². The van der Waals surface area contributed by atoms with Gasteiger partial charge in [0.05, 0.1) is 5.92 Å². The average Bonchev–Trinajstić information content (AvgIpc) is 2.83. The number of aliphatic carboxylic acids is 1. The number of carboxylic acids is 1. The largest absolute Gasteiger partial charge is 0.481 e. The van der Waals surface area contributed by atoms with Gasteiger partial charge in [0.15, 0.2) is 0 Å². The zero-order chi connectivity index (χ0) is 14.3. The number of carbonyl (C=O) groups excluding carboxylic acids is 1. The Hall–Kier alpha value is -1.10. The molecule has 3 atom stereocenters. The van der Waals surface area contributed by atoms with Crippen LogP contribution in [0.4, 0.5) is 0 Å². The van der Waals surface area contributed by atoms with Gasteiger partial charge in [-0.1, -0.05) is 13.3 Å². The molecule has 0 radical (unpaired) electrons. The van der Waals surface area contributed by atoms with Gasteiger partial charge in [0, 0.05) is 12.5 Å². The van der Waals surface area contributed by atoms with Crippen LogP contribution in [0.5, 0.6) is 0 Å². The molecule has 0 aromatic heterocycles. The van der Waals surface area contributed by atoms with Gasteiger partial charge in [0.25, 0.3) is 0 Å². The van der Waals surface area contributed by atoms with Gasteiger partial charge in [-0.05, 0) is 44.6 Å². The zero-order valence-electron chi connectivity index (χ0n) is 11.7. The van der Waals surface area contributed by atoms with Crippen LogP contribution in [-0.4, -0.2) is 29.6 Å². The third-order valence-corrected chi connectivity index (χ3v) is 4.08. The van der Waals surface area contributed by atoms with Crippen molar-refractivity contribution < 1.29 is 14.7 Å². The number of hydrogen-bond acceptors (Lipinski definition) is 3. The number of nitrogens with one attached hydrogen (secondary N) is 1. The third kappa shape index (κ3) is 5.59. The second-order valence-electron chi connectivity index (χ2n) is 5.50. The van der Waals surface area contributed by atoms with E-state index < -0.39 is 5.97 Å². The van der Waals surface area contributed by atoms with Crippen molar-refractivity contribution in [1.29, 1.82) is 0 Å². The molecule has 5 heteroatoms. The molecule has 0 aliphatic heterocycles. The Morgan fingerprint density at radius 2 is 2.11 bits per heavy atom. The fraction of sp³-hybridized carbons (Fsp3) is 0.857. The molecule has 3 unspecified atom stereocenters. The van der Waals surface area contributed by atoms with Crippen LogP contribution in [0.15, 0.2) is 0 Å². The second kappa shape index (κ2) is 8.15. The summed E-state index contributed by atoms with van der Waals surface area (Å²) in [7, 11) is 0. The van der Waals surface area contributed by atoms with Crippen LogP contribution < -0.4 is 11.1 Å². The summed E-state index contributed by atoms with van der Waals surface area (Å²) in [4.78, 5) is 22.6. The van der Waals surface area contributed by atoms with E-state index in [0.717, 1.165) is 25.7 Å². The van der Waals surface area contributed by atoms with Crippen molar-refractivity contribution >= 4 is 11.9 Å². The van der Waals surface area contributed by atoms with Crippen LogP contribution in [0.1, 0.15) is 51.9 Å². The van der Waals surface area contributed by atoms with Gasteiger partial charge in [0.1, 0.15) is 0 Å². The highest BCUT2D eigenvalue weighted by molar-refractivity contribution is 5.76. The van der Waals surface area contributed by atoms with E-state index in [9.17, 15) is 9.59 Å². The van der Waals surface area contributed by atoms with Gasteiger partial charge < -0.3 is 16.2 Å². The van der Waals surface area contributed by atoms with Gasteiger partial charge in [-0.25, -0.2) is 0 Å². The Kier molecular flexibility index (Phi) is 6.84. The Morgan fingerprint density at radius 1 is 1.37 bits per heavy atom. The molecule has 1 aliphatic carbocycles. The fourth-order valence-electron chi connectivity index (χ4n) is 2.76. The smallest absolute Gasteiger partial charge is 0.306 e. The molecule has 1 amide bonds. The molecular formula is C14H26N2O3. The quantitative estimate of drug-likeness (QED) is 0.623. The molecule has 1 fully saturated rings. The lowest BCUT2D eigenvalue weighted by molar-refractivity contribution is -0.141. The van der Waals surface area contributed by atoms with Crippen LogP contribution in [0.3, 0.4) is 0 Å². The normalized spacial score (nSPS) is 24.1. The number of hydrogen-bond donors (Lipinski definition) is 3. The first-order chi connectivity index (χ1) is 9.06. The summed E-state index contributed by atoms with van der Waals surface area (Å²) in [6.45, 7) is 2.79. The van der Waals surface area contributed by atoms with Crippen molar-refractivity contribution in [2.24, 2.45) is 17.6 Å². The first kappa shape index (κ1) is 16.0. The topological polar surface area (TPSA) is 92.4 Å². The Balaban J connectivity index is 2.23. The van der Waals surface area contributed by atoms with E-state index in [0.29, 0.717) is 31.7 Å². The number of carboxylic acid groups (broad SMARTS) is 1. The molecule has 0 heterocycles. The van der Waals surface area contributed by atoms with Crippen LogP contribution in [0.25, 0.3) is 0 Å². The van der Waals surface area contributed by atoms with Crippen molar-refractivity contribution in [1.82, 2.24) is 5.32 Å². The average molecular weight is 270 g/mol. The molecule has 19 heavy (non-hydrogen) atoms. The predicted octanol–water partition coefficient (Wildman–Crippen LogP) is 1.51. The molecule has 0 aromatic rings. The number of amides is 1. The van der Waals surface area contributed by atoms with Gasteiger partial charge in [-0.2, -0.15) is 0 Å². The maximum atomic E-state index is 11.8. The standard InChI is InChI=1S/C14H26N2O3/c1-2-10(7-8-15)3-6-13(17)16-12-5-4-11(9-12)14(18)19/h10-12H,2-9,15H2,1H3,(H,16,17)(H,18,19). The van der Waals surface area contributed by atoms with Gasteiger partial charge >= 0.3 is 5.97 Å². The monoisotopic (exact) mass is 270 g/mol. The van der Waals surface area contributed by atoms with Crippen molar-refractivity contribution in [3.8, 4) is 0 Å². The maximum Gasteiger partial charge on any atom is 0.306 e. The summed E-state index contributed by atoms with van der Waals surface area (Å²) in [5, 5.41) is 11.9. The van der Waals surface area contributed by atoms with E-state index in [1.165, 1.54) is 0 Å². The van der Waals surface area contributed by atoms with E-state index in [2.05, 4.69) is 12.2 Å². The minimum absolute atomic E-state index is 0.0446. The number of nitrogens with two attached hydrogens (primary N) is 1. The van der Waals surface area contributed by atoms with Crippen molar-refractivity contribution in [3.63, 3.8) is 0 Å². The SMILES string of the molecule is CCC(CCN)CCC(=O)NC1CCC(C(=O)O)C1. The summed E-state index contributed by atoms with van der Waals surface area (Å²) in [6, 6.07) is 0.0446. The summed E-state index contributed by atoms with van der Waals surface area (Å²) < 4.78 is 0. The van der Waals surface area contributed by atoms with Crippen molar-refractivity contribution in [3.05, 3.63) is 0 Å². The lowest BCUT2D eigenvalue weighted by atomic mass is 9.96. The molecule has 1 aliphatic rings. The molecule has 1 saturated carbocycles. The molecule has 0 saturated heterocycles. The first-order valence-electron chi connectivity index (χ1n) is 7.29. The molecule has 5 nitrogen and oxygen atoms in total. The summed E-state index contributed by atoms with van der Waals surface area (Å²) in [5.41, 5.74) is 5.53. The first-order valence-corrected chi connectivity index (χ1v) is 7.29. The summed E-state index contributed by atoms with van der Waals surface area (Å²) >= 11 is 0. The molecular weight excluding hydrogens is 244 g/mol. The highest BCUT2D eigenvalue weighted by Gasteiger charge is 2.30. The summed E-state index contributed by atoms with van der Waals surface area (Å²) in [5.74, 6) is -0.464. The highest BCUT2D eigenvalue weighted by atomic mass is 16.4. The minimum atomic E-state index is -0.745. The predicted molar refractivity (Wildman–Crippen MR) is 73.6 cm³/mol. The van der Waals surface area contributed by atoms with Crippen LogP contribution in [0, 0.1) is 11.8 Å². The van der Waals surface area contributed by atoms with Crippen molar-refractivity contribution in [2.45, 2.75) is 57.9 Å². The maximum absolute atomic E-state index is 11.8. The number of rotatable bonds is 8. The van der Waals surface area contributed by atoms with E-state index in [1.807, 2.05) is 0 Å². The Bertz CT molecular complexity index is 307. The Labute approximate surface area is 114 Å². The van der Waals surface area contributed by atoms with Crippen LogP contribution >= 0.6 is 0 Å². The van der Waals surface area contributed by atoms with E-state index >= 15 is 0 Å². The lowest BCUT2D eigenvalue weighted by Crippen LogP contribution is -2.33.